The minimum atomic E-state index is -0.426. The van der Waals surface area contributed by atoms with Crippen molar-refractivity contribution < 1.29 is 38.1 Å². The van der Waals surface area contributed by atoms with Crippen molar-refractivity contribution in [3.63, 3.8) is 0 Å². The van der Waals surface area contributed by atoms with Crippen molar-refractivity contribution in [2.24, 2.45) is 40.4 Å². The molecule has 0 bridgehead atoms. The maximum absolute atomic E-state index is 13.1. The summed E-state index contributed by atoms with van der Waals surface area (Å²) in [6.45, 7) is 9.49. The highest BCUT2D eigenvalue weighted by atomic mass is 16.6. The molecule has 8 unspecified atom stereocenters. The van der Waals surface area contributed by atoms with Gasteiger partial charge < -0.3 is 18.9 Å². The highest BCUT2D eigenvalue weighted by Gasteiger charge is 2.61. The molecule has 8 heteroatoms. The zero-order chi connectivity index (χ0) is 32.1. The molecule has 4 aliphatic carbocycles. The quantitative estimate of drug-likeness (QED) is 0.0932. The van der Waals surface area contributed by atoms with Crippen LogP contribution in [0.4, 0.5) is 0 Å². The Hall–Kier alpha value is -2.38. The van der Waals surface area contributed by atoms with Crippen molar-refractivity contribution in [3.05, 3.63) is 11.6 Å². The maximum Gasteiger partial charge on any atom is 0.306 e. The first kappa shape index (κ1) is 34.5. The number of methoxy groups -OCH3 is 2. The van der Waals surface area contributed by atoms with E-state index in [1.165, 1.54) is 64.7 Å². The van der Waals surface area contributed by atoms with E-state index in [-0.39, 0.29) is 66.6 Å². The molecule has 8 atom stereocenters. The topological polar surface area (TPSA) is 105 Å². The second kappa shape index (κ2) is 14.8. The molecule has 4 rings (SSSR count). The van der Waals surface area contributed by atoms with Crippen molar-refractivity contribution in [2.75, 3.05) is 14.2 Å². The summed E-state index contributed by atoms with van der Waals surface area (Å²) in [6.07, 6.45) is 13.8. The number of hydrogen-bond donors (Lipinski definition) is 0. The van der Waals surface area contributed by atoms with Crippen molar-refractivity contribution in [2.45, 2.75) is 136 Å². The lowest BCUT2D eigenvalue weighted by molar-refractivity contribution is -0.163. The number of unbranched alkanes of at least 4 members (excludes halogenated alkanes) is 1. The van der Waals surface area contributed by atoms with Crippen LogP contribution in [-0.4, -0.2) is 50.3 Å². The van der Waals surface area contributed by atoms with Crippen molar-refractivity contribution in [1.82, 2.24) is 0 Å². The van der Waals surface area contributed by atoms with Crippen LogP contribution in [0.1, 0.15) is 124 Å². The van der Waals surface area contributed by atoms with Gasteiger partial charge in [-0.3, -0.25) is 19.2 Å². The molecule has 0 aliphatic heterocycles. The molecule has 3 saturated carbocycles. The summed E-state index contributed by atoms with van der Waals surface area (Å²) in [6, 6.07) is 0. The Morgan fingerprint density at radius 3 is 2.07 bits per heavy atom. The SMILES string of the molecule is COC(=O)CCC(=O)OC1CCC2(C)C(=CC(OC(=O)CCC(=O)OC)C3C2CCC2(C)C(CCCCC(C)C)CCC32)C1. The molecule has 0 aromatic carbocycles. The molecule has 44 heavy (non-hydrogen) atoms. The minimum absolute atomic E-state index is 0.00183. The molecule has 0 amide bonds. The summed E-state index contributed by atoms with van der Waals surface area (Å²) >= 11 is 0. The highest BCUT2D eigenvalue weighted by molar-refractivity contribution is 5.78. The second-order valence-electron chi connectivity index (χ2n) is 14.9. The summed E-state index contributed by atoms with van der Waals surface area (Å²) in [4.78, 5) is 48.9. The largest absolute Gasteiger partial charge is 0.469 e. The second-order valence-corrected chi connectivity index (χ2v) is 14.9. The first-order valence-electron chi connectivity index (χ1n) is 17.1. The van der Waals surface area contributed by atoms with E-state index in [4.69, 9.17) is 14.2 Å². The van der Waals surface area contributed by atoms with Gasteiger partial charge in [0.05, 0.1) is 39.9 Å². The Bertz CT molecular complexity index is 1080. The molecule has 0 radical (unpaired) electrons. The zero-order valence-electron chi connectivity index (χ0n) is 28.0. The molecule has 0 spiro atoms. The van der Waals surface area contributed by atoms with Gasteiger partial charge in [-0.25, -0.2) is 0 Å². The Balaban J connectivity index is 1.54. The molecule has 0 saturated heterocycles. The standard InChI is InChI=1S/C36H56O8/c1-23(2)9-7-8-10-24-11-12-27-34-28(18-20-35(24,27)3)36(4)19-17-26(43-32(39)15-13-30(37)41-5)21-25(36)22-29(34)44-33(40)16-14-31(38)42-6/h22-24,26-29,34H,7-21H2,1-6H3. The molecule has 0 aromatic rings. The van der Waals surface area contributed by atoms with Gasteiger partial charge in [-0.2, -0.15) is 0 Å². The van der Waals surface area contributed by atoms with Crippen LogP contribution in [-0.2, 0) is 38.1 Å². The molecular formula is C36H56O8. The Labute approximate surface area is 264 Å². The number of fused-ring (bicyclic) bond motifs is 5. The first-order chi connectivity index (χ1) is 20.9. The van der Waals surface area contributed by atoms with Gasteiger partial charge in [0.1, 0.15) is 12.2 Å². The van der Waals surface area contributed by atoms with Gasteiger partial charge in [0.2, 0.25) is 0 Å². The average molecular weight is 617 g/mol. The van der Waals surface area contributed by atoms with Crippen LogP contribution in [0.5, 0.6) is 0 Å². The summed E-state index contributed by atoms with van der Waals surface area (Å²) in [5.41, 5.74) is 1.42. The van der Waals surface area contributed by atoms with E-state index in [0.717, 1.165) is 25.2 Å². The van der Waals surface area contributed by atoms with Crippen molar-refractivity contribution >= 4 is 23.9 Å². The summed E-state index contributed by atoms with van der Waals surface area (Å²) in [5.74, 6) is 0.964. The molecule has 0 aromatic heterocycles. The number of rotatable bonds is 13. The summed E-state index contributed by atoms with van der Waals surface area (Å²) in [5, 5.41) is 0. The van der Waals surface area contributed by atoms with E-state index in [0.29, 0.717) is 24.2 Å². The normalized spacial score (nSPS) is 34.2. The van der Waals surface area contributed by atoms with E-state index >= 15 is 0 Å². The van der Waals surface area contributed by atoms with Gasteiger partial charge in [0, 0.05) is 12.3 Å². The molecule has 248 valence electrons. The fourth-order valence-electron chi connectivity index (χ4n) is 9.40. The van der Waals surface area contributed by atoms with Gasteiger partial charge in [0.15, 0.2) is 0 Å². The molecule has 0 N–H and O–H groups in total. The third-order valence-corrected chi connectivity index (χ3v) is 11.9. The van der Waals surface area contributed by atoms with E-state index in [1.807, 2.05) is 0 Å². The number of carbonyl (C=O) groups is 4. The predicted molar refractivity (Wildman–Crippen MR) is 166 cm³/mol. The van der Waals surface area contributed by atoms with Gasteiger partial charge in [0.25, 0.3) is 0 Å². The van der Waals surface area contributed by atoms with E-state index in [2.05, 4.69) is 38.5 Å². The molecule has 8 nitrogen and oxygen atoms in total. The first-order valence-corrected chi connectivity index (χ1v) is 17.1. The van der Waals surface area contributed by atoms with E-state index < -0.39 is 11.9 Å². The monoisotopic (exact) mass is 616 g/mol. The van der Waals surface area contributed by atoms with Crippen LogP contribution in [0.3, 0.4) is 0 Å². The van der Waals surface area contributed by atoms with Crippen LogP contribution < -0.4 is 0 Å². The molecule has 0 heterocycles. The predicted octanol–water partition coefficient (Wildman–Crippen LogP) is 7.12. The Morgan fingerprint density at radius 1 is 0.795 bits per heavy atom. The van der Waals surface area contributed by atoms with E-state index in [9.17, 15) is 19.2 Å². The number of ether oxygens (including phenoxy) is 4. The Kier molecular flexibility index (Phi) is 11.6. The average Bonchev–Trinajstić information content (AvgIpc) is 3.33. The molecular weight excluding hydrogens is 560 g/mol. The van der Waals surface area contributed by atoms with Crippen LogP contribution >= 0.6 is 0 Å². The lowest BCUT2D eigenvalue weighted by Gasteiger charge is -2.59. The number of hydrogen-bond acceptors (Lipinski definition) is 8. The highest BCUT2D eigenvalue weighted by Crippen LogP contribution is 2.67. The number of esters is 4. The fraction of sp³-hybridized carbons (Fsp3) is 0.833. The zero-order valence-corrected chi connectivity index (χ0v) is 28.0. The number of carbonyl (C=O) groups excluding carboxylic acids is 4. The van der Waals surface area contributed by atoms with Crippen molar-refractivity contribution in [1.29, 1.82) is 0 Å². The summed E-state index contributed by atoms with van der Waals surface area (Å²) in [7, 11) is 2.64. The van der Waals surface area contributed by atoms with Crippen LogP contribution in [0.2, 0.25) is 0 Å². The van der Waals surface area contributed by atoms with Gasteiger partial charge in [-0.15, -0.1) is 0 Å². The lowest BCUT2D eigenvalue weighted by atomic mass is 9.46. The van der Waals surface area contributed by atoms with Crippen LogP contribution in [0.15, 0.2) is 11.6 Å². The van der Waals surface area contributed by atoms with Crippen molar-refractivity contribution in [3.8, 4) is 0 Å². The third kappa shape index (κ3) is 7.70. The van der Waals surface area contributed by atoms with Gasteiger partial charge in [-0.05, 0) is 85.5 Å². The fourth-order valence-corrected chi connectivity index (χ4v) is 9.40. The Morgan fingerprint density at radius 2 is 1.43 bits per heavy atom. The lowest BCUT2D eigenvalue weighted by Crippen LogP contribution is -2.55. The van der Waals surface area contributed by atoms with E-state index in [1.54, 1.807) is 0 Å². The smallest absolute Gasteiger partial charge is 0.306 e. The molecule has 4 aliphatic rings. The van der Waals surface area contributed by atoms with Crippen LogP contribution in [0.25, 0.3) is 0 Å². The van der Waals surface area contributed by atoms with Crippen LogP contribution in [0, 0.1) is 40.4 Å². The summed E-state index contributed by atoms with van der Waals surface area (Å²) < 4.78 is 21.5. The minimum Gasteiger partial charge on any atom is -0.469 e. The molecule has 3 fully saturated rings. The van der Waals surface area contributed by atoms with Gasteiger partial charge in [-0.1, -0.05) is 52.5 Å². The maximum atomic E-state index is 13.1. The van der Waals surface area contributed by atoms with Gasteiger partial charge >= 0.3 is 23.9 Å². The third-order valence-electron chi connectivity index (χ3n) is 11.9.